The number of pyridine rings is 1. The molecule has 0 spiro atoms. The highest BCUT2D eigenvalue weighted by Gasteiger charge is 2.11. The van der Waals surface area contributed by atoms with E-state index in [1.54, 1.807) is 12.3 Å². The minimum atomic E-state index is 0.342. The maximum Gasteiger partial charge on any atom is 0.289 e. The maximum atomic E-state index is 6.45. The fourth-order valence-corrected chi connectivity index (χ4v) is 3.47. The van der Waals surface area contributed by atoms with Gasteiger partial charge in [-0.2, -0.15) is 0 Å². The van der Waals surface area contributed by atoms with Crippen LogP contribution in [-0.2, 0) is 11.3 Å². The zero-order valence-electron chi connectivity index (χ0n) is 17.0. The number of fused-ring (bicyclic) bond motifs is 1. The third-order valence-electron chi connectivity index (χ3n) is 4.77. The molecule has 160 valence electrons. The van der Waals surface area contributed by atoms with Crippen molar-refractivity contribution in [2.75, 3.05) is 23.8 Å². The molecule has 3 heterocycles. The normalized spacial score (nSPS) is 12.8. The molecule has 2 aromatic heterocycles. The van der Waals surface area contributed by atoms with Gasteiger partial charge in [-0.25, -0.2) is 15.0 Å². The van der Waals surface area contributed by atoms with Gasteiger partial charge in [0.1, 0.15) is 31.1 Å². The number of rotatable bonds is 6. The average molecular weight is 447 g/mol. The van der Waals surface area contributed by atoms with Crippen LogP contribution in [0.25, 0.3) is 10.9 Å². The maximum absolute atomic E-state index is 6.45. The molecule has 8 nitrogen and oxygen atoms in total. The summed E-state index contributed by atoms with van der Waals surface area (Å²) >= 11 is 6.45. The van der Waals surface area contributed by atoms with E-state index in [1.807, 2.05) is 48.5 Å². The van der Waals surface area contributed by atoms with E-state index < -0.39 is 0 Å². The number of aliphatic imine (C=N–C) groups is 1. The SMILES string of the molecule is Clc1cc(Nc2ncnc3ccc(NC4=NCCO4)cc23)ccc1OCc1ccccn1. The van der Waals surface area contributed by atoms with Crippen molar-refractivity contribution in [3.8, 4) is 5.75 Å². The summed E-state index contributed by atoms with van der Waals surface area (Å²) in [7, 11) is 0. The van der Waals surface area contributed by atoms with Crippen LogP contribution in [0, 0.1) is 0 Å². The smallest absolute Gasteiger partial charge is 0.289 e. The summed E-state index contributed by atoms with van der Waals surface area (Å²) in [5.74, 6) is 1.24. The van der Waals surface area contributed by atoms with E-state index in [2.05, 4.69) is 30.6 Å². The first-order chi connectivity index (χ1) is 15.7. The molecule has 4 aromatic rings. The van der Waals surface area contributed by atoms with Crippen LogP contribution in [0.2, 0.25) is 5.02 Å². The molecular weight excluding hydrogens is 428 g/mol. The van der Waals surface area contributed by atoms with Crippen LogP contribution in [0.3, 0.4) is 0 Å². The highest BCUT2D eigenvalue weighted by molar-refractivity contribution is 6.32. The Bertz CT molecular complexity index is 1280. The van der Waals surface area contributed by atoms with Gasteiger partial charge in [0.25, 0.3) is 6.02 Å². The fourth-order valence-electron chi connectivity index (χ4n) is 3.24. The Morgan fingerprint density at radius 2 is 1.88 bits per heavy atom. The largest absolute Gasteiger partial charge is 0.486 e. The van der Waals surface area contributed by atoms with Crippen LogP contribution in [-0.4, -0.2) is 34.1 Å². The van der Waals surface area contributed by atoms with Gasteiger partial charge in [0.2, 0.25) is 0 Å². The lowest BCUT2D eigenvalue weighted by atomic mass is 10.2. The van der Waals surface area contributed by atoms with Crippen molar-refractivity contribution >= 4 is 45.7 Å². The van der Waals surface area contributed by atoms with Crippen LogP contribution >= 0.6 is 11.6 Å². The predicted molar refractivity (Wildman–Crippen MR) is 125 cm³/mol. The zero-order valence-corrected chi connectivity index (χ0v) is 17.7. The summed E-state index contributed by atoms with van der Waals surface area (Å²) in [5, 5.41) is 7.83. The molecule has 0 aliphatic carbocycles. The third-order valence-corrected chi connectivity index (χ3v) is 5.06. The number of amidine groups is 1. The van der Waals surface area contributed by atoms with E-state index in [0.717, 1.165) is 28.0 Å². The molecule has 0 saturated carbocycles. The van der Waals surface area contributed by atoms with E-state index in [4.69, 9.17) is 21.1 Å². The molecule has 32 heavy (non-hydrogen) atoms. The Kier molecular flexibility index (Phi) is 5.67. The van der Waals surface area contributed by atoms with Gasteiger partial charge >= 0.3 is 0 Å². The summed E-state index contributed by atoms with van der Waals surface area (Å²) in [5.41, 5.74) is 3.26. The second-order valence-electron chi connectivity index (χ2n) is 6.99. The third kappa shape index (κ3) is 4.55. The van der Waals surface area contributed by atoms with Crippen molar-refractivity contribution in [3.63, 3.8) is 0 Å². The molecule has 2 aromatic carbocycles. The molecular formula is C23H19ClN6O2. The number of aromatic nitrogens is 3. The highest BCUT2D eigenvalue weighted by Crippen LogP contribution is 2.31. The summed E-state index contributed by atoms with van der Waals surface area (Å²) in [6.07, 6.45) is 3.25. The van der Waals surface area contributed by atoms with Gasteiger partial charge in [-0.05, 0) is 48.5 Å². The topological polar surface area (TPSA) is 93.6 Å². The van der Waals surface area contributed by atoms with Crippen molar-refractivity contribution in [2.24, 2.45) is 4.99 Å². The van der Waals surface area contributed by atoms with Crippen molar-refractivity contribution in [1.82, 2.24) is 15.0 Å². The minimum Gasteiger partial charge on any atom is -0.486 e. The van der Waals surface area contributed by atoms with Gasteiger partial charge in [0, 0.05) is 23.0 Å². The number of benzene rings is 2. The monoisotopic (exact) mass is 446 g/mol. The molecule has 0 saturated heterocycles. The number of nitrogens with one attached hydrogen (secondary N) is 2. The van der Waals surface area contributed by atoms with E-state index in [9.17, 15) is 0 Å². The summed E-state index contributed by atoms with van der Waals surface area (Å²) in [6, 6.07) is 17.5. The van der Waals surface area contributed by atoms with Crippen LogP contribution in [0.5, 0.6) is 5.75 Å². The van der Waals surface area contributed by atoms with Crippen LogP contribution in [0.1, 0.15) is 5.69 Å². The number of anilines is 3. The van der Waals surface area contributed by atoms with E-state index >= 15 is 0 Å². The standard InChI is InChI=1S/C23H19ClN6O2/c24-19-12-16(5-7-21(19)32-13-17-3-1-2-8-25-17)29-22-18-11-15(30-23-26-9-10-31-23)4-6-20(18)27-14-28-22/h1-8,11-12,14H,9-10,13H2,(H,26,30)(H,27,28,29). The van der Waals surface area contributed by atoms with E-state index in [1.165, 1.54) is 6.33 Å². The molecule has 5 rings (SSSR count). The molecule has 0 atom stereocenters. The first-order valence-electron chi connectivity index (χ1n) is 10.0. The van der Waals surface area contributed by atoms with Crippen molar-refractivity contribution in [3.05, 3.63) is 77.8 Å². The number of hydrogen-bond donors (Lipinski definition) is 2. The Balaban J connectivity index is 1.34. The average Bonchev–Trinajstić information content (AvgIpc) is 3.33. The molecule has 9 heteroatoms. The van der Waals surface area contributed by atoms with Gasteiger partial charge < -0.3 is 20.1 Å². The van der Waals surface area contributed by atoms with Crippen molar-refractivity contribution < 1.29 is 9.47 Å². The number of halogens is 1. The molecule has 0 amide bonds. The van der Waals surface area contributed by atoms with Gasteiger partial charge in [-0.15, -0.1) is 0 Å². The van der Waals surface area contributed by atoms with Gasteiger partial charge in [-0.1, -0.05) is 17.7 Å². The highest BCUT2D eigenvalue weighted by atomic mass is 35.5. The van der Waals surface area contributed by atoms with Gasteiger partial charge in [0.05, 0.1) is 22.8 Å². The molecule has 2 N–H and O–H groups in total. The fraction of sp³-hybridized carbons (Fsp3) is 0.130. The number of ether oxygens (including phenoxy) is 2. The van der Waals surface area contributed by atoms with Crippen LogP contribution < -0.4 is 15.4 Å². The minimum absolute atomic E-state index is 0.342. The molecule has 0 radical (unpaired) electrons. The van der Waals surface area contributed by atoms with Crippen LogP contribution in [0.4, 0.5) is 17.2 Å². The molecule has 0 fully saturated rings. The molecule has 1 aliphatic rings. The Labute approximate surface area is 189 Å². The molecule has 1 aliphatic heterocycles. The summed E-state index contributed by atoms with van der Waals surface area (Å²) < 4.78 is 11.2. The van der Waals surface area contributed by atoms with Crippen molar-refractivity contribution in [1.29, 1.82) is 0 Å². The van der Waals surface area contributed by atoms with Crippen molar-refractivity contribution in [2.45, 2.75) is 6.61 Å². The predicted octanol–water partition coefficient (Wildman–Crippen LogP) is 4.80. The lowest BCUT2D eigenvalue weighted by molar-refractivity contribution is 0.301. The second-order valence-corrected chi connectivity index (χ2v) is 7.40. The molecule has 0 unspecified atom stereocenters. The van der Waals surface area contributed by atoms with E-state index in [-0.39, 0.29) is 0 Å². The lowest BCUT2D eigenvalue weighted by Crippen LogP contribution is -2.11. The Hall–Kier alpha value is -3.91. The van der Waals surface area contributed by atoms with Gasteiger partial charge in [0.15, 0.2) is 0 Å². The summed E-state index contributed by atoms with van der Waals surface area (Å²) in [4.78, 5) is 17.3. The summed E-state index contributed by atoms with van der Waals surface area (Å²) in [6.45, 7) is 1.59. The molecule has 0 bridgehead atoms. The quantitative estimate of drug-likeness (QED) is 0.439. The first kappa shape index (κ1) is 20.0. The van der Waals surface area contributed by atoms with Crippen LogP contribution in [0.15, 0.2) is 72.1 Å². The zero-order chi connectivity index (χ0) is 21.8. The Morgan fingerprint density at radius 1 is 0.969 bits per heavy atom. The first-order valence-corrected chi connectivity index (χ1v) is 10.4. The van der Waals surface area contributed by atoms with Gasteiger partial charge in [-0.3, -0.25) is 4.98 Å². The number of nitrogens with zero attached hydrogens (tertiary/aromatic N) is 4. The van der Waals surface area contributed by atoms with E-state index in [0.29, 0.717) is 42.4 Å². The lowest BCUT2D eigenvalue weighted by Gasteiger charge is -2.12. The second kappa shape index (κ2) is 9.07. The Morgan fingerprint density at radius 3 is 2.69 bits per heavy atom. The number of hydrogen-bond acceptors (Lipinski definition) is 8.